The smallest absolute Gasteiger partial charge is 0.309 e. The van der Waals surface area contributed by atoms with Gasteiger partial charge < -0.3 is 16.0 Å². The molecule has 2 amide bonds. The van der Waals surface area contributed by atoms with E-state index in [-0.39, 0.29) is 23.8 Å². The average Bonchev–Trinajstić information content (AvgIpc) is 3.65. The van der Waals surface area contributed by atoms with Gasteiger partial charge in [0.15, 0.2) is 0 Å². The van der Waals surface area contributed by atoms with Crippen LogP contribution < -0.4 is 16.0 Å². The summed E-state index contributed by atoms with van der Waals surface area (Å²) < 4.78 is 0. The molecule has 35 heavy (non-hydrogen) atoms. The SMILES string of the molecule is O=C(NCc1ccccc1C(=O)C#CCC1(c2cccc3ccccc23)CC1)C(=O)NC1CNC1. The van der Waals surface area contributed by atoms with Gasteiger partial charge in [-0.1, -0.05) is 72.7 Å². The molecule has 2 aliphatic rings. The number of Topliss-reactive ketones (excluding diaryl/α,β-unsaturated/α-hetero) is 1. The molecule has 2 fully saturated rings. The van der Waals surface area contributed by atoms with Crippen molar-refractivity contribution in [3.8, 4) is 11.8 Å². The van der Waals surface area contributed by atoms with Gasteiger partial charge in [0.2, 0.25) is 5.78 Å². The predicted molar refractivity (Wildman–Crippen MR) is 135 cm³/mol. The molecule has 0 aromatic heterocycles. The molecule has 0 bridgehead atoms. The van der Waals surface area contributed by atoms with Crippen molar-refractivity contribution in [2.24, 2.45) is 0 Å². The zero-order valence-corrected chi connectivity index (χ0v) is 19.4. The first-order valence-corrected chi connectivity index (χ1v) is 11.9. The lowest BCUT2D eigenvalue weighted by atomic mass is 9.88. The minimum atomic E-state index is -0.712. The van der Waals surface area contributed by atoms with Gasteiger partial charge in [0.1, 0.15) is 0 Å². The van der Waals surface area contributed by atoms with E-state index in [1.807, 2.05) is 6.07 Å². The van der Waals surface area contributed by atoms with E-state index in [1.54, 1.807) is 24.3 Å². The maximum absolute atomic E-state index is 12.9. The van der Waals surface area contributed by atoms with Crippen LogP contribution in [0.5, 0.6) is 0 Å². The summed E-state index contributed by atoms with van der Waals surface area (Å²) in [6.07, 6.45) is 2.75. The van der Waals surface area contributed by atoms with Gasteiger partial charge in [-0.15, -0.1) is 0 Å². The Kier molecular flexibility index (Phi) is 6.35. The molecular weight excluding hydrogens is 438 g/mol. The van der Waals surface area contributed by atoms with Crippen molar-refractivity contribution in [2.45, 2.75) is 37.3 Å². The standard InChI is InChI=1S/C29H27N3O3/c33-26(13-6-14-29(15-16-29)25-12-5-9-20-7-1-3-10-23(20)25)24-11-4-2-8-21(24)17-31-27(34)28(35)32-22-18-30-19-22/h1-5,7-12,22,30H,14-19H2,(H,31,34)(H,32,35). The number of carbonyl (C=O) groups is 3. The minimum Gasteiger partial charge on any atom is -0.344 e. The van der Waals surface area contributed by atoms with E-state index in [2.05, 4.69) is 64.2 Å². The second kappa shape index (κ2) is 9.73. The average molecular weight is 466 g/mol. The highest BCUT2D eigenvalue weighted by Gasteiger charge is 2.44. The first-order chi connectivity index (χ1) is 17.1. The number of amides is 2. The lowest BCUT2D eigenvalue weighted by Crippen LogP contribution is -2.59. The Hall–Kier alpha value is -3.95. The van der Waals surface area contributed by atoms with Crippen LogP contribution >= 0.6 is 0 Å². The number of hydrogen-bond acceptors (Lipinski definition) is 4. The fourth-order valence-electron chi connectivity index (χ4n) is 4.53. The number of carbonyl (C=O) groups excluding carboxylic acids is 3. The number of ketones is 1. The number of nitrogens with one attached hydrogen (secondary N) is 3. The Morgan fingerprint density at radius 1 is 0.914 bits per heavy atom. The summed E-state index contributed by atoms with van der Waals surface area (Å²) in [5.74, 6) is 4.30. The van der Waals surface area contributed by atoms with Crippen LogP contribution in [0.2, 0.25) is 0 Å². The van der Waals surface area contributed by atoms with Gasteiger partial charge >= 0.3 is 11.8 Å². The molecule has 0 spiro atoms. The molecule has 1 saturated carbocycles. The molecule has 5 rings (SSSR count). The lowest BCUT2D eigenvalue weighted by Gasteiger charge is -2.27. The summed E-state index contributed by atoms with van der Waals surface area (Å²) in [7, 11) is 0. The van der Waals surface area contributed by atoms with Crippen molar-refractivity contribution in [3.63, 3.8) is 0 Å². The molecule has 176 valence electrons. The van der Waals surface area contributed by atoms with Gasteiger partial charge in [-0.05, 0) is 40.7 Å². The maximum atomic E-state index is 12.9. The summed E-state index contributed by atoms with van der Waals surface area (Å²) in [6, 6.07) is 21.8. The van der Waals surface area contributed by atoms with Gasteiger partial charge in [0.05, 0.1) is 6.04 Å². The van der Waals surface area contributed by atoms with Crippen molar-refractivity contribution in [2.75, 3.05) is 13.1 Å². The van der Waals surface area contributed by atoms with Crippen LogP contribution in [0.15, 0.2) is 66.7 Å². The highest BCUT2D eigenvalue weighted by Crippen LogP contribution is 2.52. The third kappa shape index (κ3) is 4.96. The van der Waals surface area contributed by atoms with E-state index < -0.39 is 11.8 Å². The quantitative estimate of drug-likeness (QED) is 0.226. The van der Waals surface area contributed by atoms with E-state index in [0.717, 1.165) is 12.8 Å². The number of benzene rings is 3. The molecule has 0 radical (unpaired) electrons. The molecule has 1 saturated heterocycles. The van der Waals surface area contributed by atoms with E-state index in [9.17, 15) is 14.4 Å². The Balaban J connectivity index is 1.24. The van der Waals surface area contributed by atoms with Gasteiger partial charge in [-0.3, -0.25) is 14.4 Å². The fraction of sp³-hybridized carbons (Fsp3) is 0.276. The van der Waals surface area contributed by atoms with Crippen LogP contribution in [0.4, 0.5) is 0 Å². The van der Waals surface area contributed by atoms with Gasteiger partial charge in [0, 0.05) is 37.0 Å². The number of fused-ring (bicyclic) bond motifs is 1. The molecule has 6 nitrogen and oxygen atoms in total. The first kappa shape index (κ1) is 22.8. The summed E-state index contributed by atoms with van der Waals surface area (Å²) in [4.78, 5) is 37.0. The molecule has 1 aliphatic carbocycles. The predicted octanol–water partition coefficient (Wildman–Crippen LogP) is 2.85. The van der Waals surface area contributed by atoms with Crippen LogP contribution in [0, 0.1) is 11.8 Å². The summed E-state index contributed by atoms with van der Waals surface area (Å²) in [5, 5.41) is 10.8. The molecule has 0 unspecified atom stereocenters. The van der Waals surface area contributed by atoms with Crippen molar-refractivity contribution >= 4 is 28.4 Å². The minimum absolute atomic E-state index is 0.00492. The molecule has 1 heterocycles. The largest absolute Gasteiger partial charge is 0.344 e. The topological polar surface area (TPSA) is 87.3 Å². The fourth-order valence-corrected chi connectivity index (χ4v) is 4.53. The molecule has 6 heteroatoms. The summed E-state index contributed by atoms with van der Waals surface area (Å²) >= 11 is 0. The Morgan fingerprint density at radius 2 is 1.66 bits per heavy atom. The monoisotopic (exact) mass is 465 g/mol. The Bertz CT molecular complexity index is 1350. The molecular formula is C29H27N3O3. The van der Waals surface area contributed by atoms with E-state index in [4.69, 9.17) is 0 Å². The van der Waals surface area contributed by atoms with E-state index in [1.165, 1.54) is 16.3 Å². The first-order valence-electron chi connectivity index (χ1n) is 11.9. The third-order valence-corrected chi connectivity index (χ3v) is 6.87. The van der Waals surface area contributed by atoms with Crippen LogP contribution in [-0.2, 0) is 21.5 Å². The number of rotatable bonds is 6. The summed E-state index contributed by atoms with van der Waals surface area (Å²) in [5.41, 5.74) is 2.38. The van der Waals surface area contributed by atoms with Gasteiger partial charge in [0.25, 0.3) is 0 Å². The zero-order valence-electron chi connectivity index (χ0n) is 19.4. The molecule has 3 aromatic rings. The van der Waals surface area contributed by atoms with Crippen molar-refractivity contribution < 1.29 is 14.4 Å². The van der Waals surface area contributed by atoms with Crippen molar-refractivity contribution in [3.05, 3.63) is 83.4 Å². The normalized spacial score (nSPS) is 15.9. The lowest BCUT2D eigenvalue weighted by molar-refractivity contribution is -0.139. The maximum Gasteiger partial charge on any atom is 0.309 e. The molecule has 1 aliphatic heterocycles. The van der Waals surface area contributed by atoms with Crippen molar-refractivity contribution in [1.82, 2.24) is 16.0 Å². The molecule has 3 aromatic carbocycles. The molecule has 3 N–H and O–H groups in total. The Labute approximate surface area is 204 Å². The van der Waals surface area contributed by atoms with E-state index >= 15 is 0 Å². The second-order valence-electron chi connectivity index (χ2n) is 9.28. The van der Waals surface area contributed by atoms with Crippen molar-refractivity contribution in [1.29, 1.82) is 0 Å². The third-order valence-electron chi connectivity index (χ3n) is 6.87. The highest BCUT2D eigenvalue weighted by atomic mass is 16.2. The van der Waals surface area contributed by atoms with Crippen LogP contribution in [0.3, 0.4) is 0 Å². The van der Waals surface area contributed by atoms with Crippen LogP contribution in [0.1, 0.15) is 40.7 Å². The van der Waals surface area contributed by atoms with E-state index in [0.29, 0.717) is 30.6 Å². The Morgan fingerprint density at radius 3 is 2.43 bits per heavy atom. The van der Waals surface area contributed by atoms with Gasteiger partial charge in [-0.25, -0.2) is 0 Å². The molecule has 0 atom stereocenters. The van der Waals surface area contributed by atoms with Gasteiger partial charge in [-0.2, -0.15) is 0 Å². The van der Waals surface area contributed by atoms with Crippen LogP contribution in [-0.4, -0.2) is 36.7 Å². The highest BCUT2D eigenvalue weighted by molar-refractivity contribution is 6.35. The number of hydrogen-bond donors (Lipinski definition) is 3. The zero-order chi connectivity index (χ0) is 24.3. The second-order valence-corrected chi connectivity index (χ2v) is 9.28. The van der Waals surface area contributed by atoms with Crippen LogP contribution in [0.25, 0.3) is 10.8 Å². The summed E-state index contributed by atoms with van der Waals surface area (Å²) in [6.45, 7) is 1.41.